The number of nitrogens with zero attached hydrogens (tertiary/aromatic N) is 3. The summed E-state index contributed by atoms with van der Waals surface area (Å²) in [6.07, 6.45) is 6.27. The second kappa shape index (κ2) is 10.8. The van der Waals surface area contributed by atoms with Crippen LogP contribution in [0.15, 0.2) is 27.1 Å². The third-order valence-corrected chi connectivity index (χ3v) is 3.00. The Kier molecular flexibility index (Phi) is 8.57. The molecule has 0 aliphatic rings. The minimum absolute atomic E-state index is 0.0847. The first-order valence-corrected chi connectivity index (χ1v) is 7.15. The average Bonchev–Trinajstić information content (AvgIpc) is 2.57. The first-order chi connectivity index (χ1) is 11.3. The van der Waals surface area contributed by atoms with E-state index in [1.807, 2.05) is 6.92 Å². The lowest BCUT2D eigenvalue weighted by atomic mass is 10.0. The molecule has 0 atom stereocenters. The van der Waals surface area contributed by atoms with Crippen molar-refractivity contribution in [1.29, 1.82) is 0 Å². The predicted molar refractivity (Wildman–Crippen MR) is 82.3 cm³/mol. The van der Waals surface area contributed by atoms with Gasteiger partial charge in [0, 0.05) is 11.1 Å². The van der Waals surface area contributed by atoms with E-state index in [2.05, 4.69) is 15.0 Å². The second-order valence-corrected chi connectivity index (χ2v) is 4.67. The van der Waals surface area contributed by atoms with Gasteiger partial charge in [0.05, 0.1) is 26.2 Å². The van der Waals surface area contributed by atoms with Crippen molar-refractivity contribution >= 4 is 18.2 Å². The Balaban J connectivity index is 3.27. The summed E-state index contributed by atoms with van der Waals surface area (Å²) in [6, 6.07) is 3.49. The molecule has 0 N–H and O–H groups in total. The Morgan fingerprint density at radius 3 is 1.91 bits per heavy atom. The number of rotatable bonds is 10. The van der Waals surface area contributed by atoms with Gasteiger partial charge in [0.2, 0.25) is 18.2 Å². The van der Waals surface area contributed by atoms with Gasteiger partial charge < -0.3 is 4.74 Å². The van der Waals surface area contributed by atoms with Crippen molar-refractivity contribution in [2.45, 2.75) is 39.4 Å². The molecule has 120 valence electrons. The maximum absolute atomic E-state index is 10.4. The fraction of sp³-hybridized carbons (Fsp3) is 0.438. The van der Waals surface area contributed by atoms with Gasteiger partial charge in [-0.05, 0) is 24.1 Å². The van der Waals surface area contributed by atoms with Crippen molar-refractivity contribution in [3.8, 4) is 5.75 Å². The maximum atomic E-state index is 10.4. The maximum Gasteiger partial charge on any atom is 0.235 e. The Morgan fingerprint density at radius 1 is 0.913 bits per heavy atom. The Morgan fingerprint density at radius 2 is 1.43 bits per heavy atom. The van der Waals surface area contributed by atoms with E-state index in [1.165, 1.54) is 18.2 Å². The quantitative estimate of drug-likeness (QED) is 0.376. The van der Waals surface area contributed by atoms with Gasteiger partial charge in [-0.15, -0.1) is 0 Å². The van der Waals surface area contributed by atoms with Gasteiger partial charge in [0.1, 0.15) is 5.75 Å². The third-order valence-electron chi connectivity index (χ3n) is 3.00. The largest absolute Gasteiger partial charge is 0.493 e. The van der Waals surface area contributed by atoms with Crippen LogP contribution in [0.3, 0.4) is 0 Å². The van der Waals surface area contributed by atoms with Crippen molar-refractivity contribution < 1.29 is 19.1 Å². The van der Waals surface area contributed by atoms with Crippen molar-refractivity contribution in [2.24, 2.45) is 15.0 Å². The average molecular weight is 315 g/mol. The van der Waals surface area contributed by atoms with E-state index < -0.39 is 0 Å². The number of hydrogen-bond acceptors (Lipinski definition) is 7. The lowest BCUT2D eigenvalue weighted by Crippen LogP contribution is -2.04. The molecular weight excluding hydrogens is 298 g/mol. The molecule has 0 aromatic heterocycles. The number of ether oxygens (including phenoxy) is 1. The molecule has 0 aliphatic heterocycles. The summed E-state index contributed by atoms with van der Waals surface area (Å²) in [5.74, 6) is 0.537. The predicted octanol–water partition coefficient (Wildman–Crippen LogP) is 2.37. The number of unbranched alkanes of at least 4 members (excludes halogenated alkanes) is 1. The van der Waals surface area contributed by atoms with Gasteiger partial charge in [-0.3, -0.25) is 0 Å². The zero-order valence-electron chi connectivity index (χ0n) is 12.9. The van der Waals surface area contributed by atoms with E-state index in [-0.39, 0.29) is 19.6 Å². The summed E-state index contributed by atoms with van der Waals surface area (Å²) in [6.45, 7) is 2.84. The molecule has 0 heterocycles. The number of benzene rings is 1. The summed E-state index contributed by atoms with van der Waals surface area (Å²) in [5, 5.41) is 0. The van der Waals surface area contributed by atoms with Crippen molar-refractivity contribution in [2.75, 3.05) is 6.61 Å². The molecule has 0 saturated heterocycles. The molecule has 0 radical (unpaired) electrons. The van der Waals surface area contributed by atoms with Gasteiger partial charge in [0.15, 0.2) is 0 Å². The molecule has 0 unspecified atom stereocenters. The van der Waals surface area contributed by atoms with Crippen LogP contribution in [0.1, 0.15) is 36.5 Å². The van der Waals surface area contributed by atoms with Gasteiger partial charge in [-0.25, -0.2) is 29.4 Å². The molecule has 7 nitrogen and oxygen atoms in total. The molecule has 7 heteroatoms. The summed E-state index contributed by atoms with van der Waals surface area (Å²) in [4.78, 5) is 41.7. The summed E-state index contributed by atoms with van der Waals surface area (Å²) >= 11 is 0. The van der Waals surface area contributed by atoms with Crippen LogP contribution in [0.5, 0.6) is 5.75 Å². The van der Waals surface area contributed by atoms with E-state index in [9.17, 15) is 14.4 Å². The number of aliphatic imine (C=N–C) groups is 3. The highest BCUT2D eigenvalue weighted by Crippen LogP contribution is 2.28. The summed E-state index contributed by atoms with van der Waals surface area (Å²) in [5.41, 5.74) is 2.02. The Hall–Kier alpha value is -2.84. The minimum atomic E-state index is 0.0847. The van der Waals surface area contributed by atoms with E-state index in [4.69, 9.17) is 4.74 Å². The van der Waals surface area contributed by atoms with Crippen LogP contribution in [-0.2, 0) is 34.0 Å². The van der Waals surface area contributed by atoms with E-state index >= 15 is 0 Å². The zero-order chi connectivity index (χ0) is 16.9. The molecule has 0 aliphatic carbocycles. The van der Waals surface area contributed by atoms with Crippen LogP contribution in [0.25, 0.3) is 0 Å². The first kappa shape index (κ1) is 18.2. The van der Waals surface area contributed by atoms with Gasteiger partial charge >= 0.3 is 0 Å². The standard InChI is InChI=1S/C16H17N3O4/c1-2-3-4-23-16-14(8-18-11-21)5-13(7-17-10-20)6-15(16)9-19-12-22/h5-6H,2-4,7-9H2,1H3. The summed E-state index contributed by atoms with van der Waals surface area (Å²) < 4.78 is 5.77. The number of carbonyl (C=O) groups excluding carboxylic acids is 3. The molecule has 0 bridgehead atoms. The van der Waals surface area contributed by atoms with Gasteiger partial charge in [0.25, 0.3) is 0 Å². The number of hydrogen-bond donors (Lipinski definition) is 0. The van der Waals surface area contributed by atoms with E-state index in [1.54, 1.807) is 12.1 Å². The summed E-state index contributed by atoms with van der Waals surface area (Å²) in [7, 11) is 0. The van der Waals surface area contributed by atoms with Crippen LogP contribution in [0.4, 0.5) is 0 Å². The molecule has 0 fully saturated rings. The van der Waals surface area contributed by atoms with E-state index in [0.717, 1.165) is 12.8 Å². The molecule has 1 rings (SSSR count). The molecular formula is C16H17N3O4. The monoisotopic (exact) mass is 315 g/mol. The smallest absolute Gasteiger partial charge is 0.235 e. The molecule has 0 saturated carbocycles. The lowest BCUT2D eigenvalue weighted by molar-refractivity contribution is 0.303. The molecule has 0 amide bonds. The normalized spacial score (nSPS) is 9.26. The van der Waals surface area contributed by atoms with Crippen LogP contribution < -0.4 is 4.74 Å². The Labute approximate surface area is 133 Å². The highest BCUT2D eigenvalue weighted by atomic mass is 16.5. The molecule has 1 aromatic carbocycles. The van der Waals surface area contributed by atoms with Crippen molar-refractivity contribution in [3.63, 3.8) is 0 Å². The minimum Gasteiger partial charge on any atom is -0.493 e. The Bertz CT molecular complexity index is 627. The first-order valence-electron chi connectivity index (χ1n) is 7.15. The topological polar surface area (TPSA) is 97.5 Å². The van der Waals surface area contributed by atoms with Crippen LogP contribution in [-0.4, -0.2) is 24.8 Å². The molecule has 0 spiro atoms. The van der Waals surface area contributed by atoms with Crippen molar-refractivity contribution in [3.05, 3.63) is 28.8 Å². The fourth-order valence-corrected chi connectivity index (χ4v) is 2.02. The highest BCUT2D eigenvalue weighted by Gasteiger charge is 2.12. The fourth-order valence-electron chi connectivity index (χ4n) is 2.02. The number of isocyanates is 3. The highest BCUT2D eigenvalue weighted by molar-refractivity contribution is 5.47. The second-order valence-electron chi connectivity index (χ2n) is 4.67. The third kappa shape index (κ3) is 6.20. The van der Waals surface area contributed by atoms with Crippen LogP contribution >= 0.6 is 0 Å². The van der Waals surface area contributed by atoms with Gasteiger partial charge in [-0.2, -0.15) is 0 Å². The van der Waals surface area contributed by atoms with Crippen LogP contribution in [0.2, 0.25) is 0 Å². The van der Waals surface area contributed by atoms with E-state index in [0.29, 0.717) is 29.0 Å². The van der Waals surface area contributed by atoms with Gasteiger partial charge in [-0.1, -0.05) is 13.3 Å². The lowest BCUT2D eigenvalue weighted by Gasteiger charge is -2.15. The molecule has 23 heavy (non-hydrogen) atoms. The van der Waals surface area contributed by atoms with Crippen molar-refractivity contribution in [1.82, 2.24) is 0 Å². The molecule has 1 aromatic rings. The van der Waals surface area contributed by atoms with Crippen LogP contribution in [0, 0.1) is 0 Å². The zero-order valence-corrected chi connectivity index (χ0v) is 12.9. The SMILES string of the molecule is CCCCOc1c(CN=C=O)cc(CN=C=O)cc1CN=C=O.